The molecule has 0 aliphatic heterocycles. The van der Waals surface area contributed by atoms with Gasteiger partial charge in [0, 0.05) is 12.6 Å². The van der Waals surface area contributed by atoms with Crippen LogP contribution in [0.15, 0.2) is 24.3 Å². The summed E-state index contributed by atoms with van der Waals surface area (Å²) in [7, 11) is 0. The Bertz CT molecular complexity index is 309. The molecule has 0 aromatic heterocycles. The topological polar surface area (TPSA) is 52.5 Å². The standard InChI is InChI=1S/C14H23NO2/c1-11(2)7-14(10-17)15-8-12-3-5-13(9-16)6-4-12/h3-6,11,14-17H,7-10H2,1-2H3. The molecule has 1 rings (SSSR count). The largest absolute Gasteiger partial charge is 0.395 e. The maximum absolute atomic E-state index is 9.24. The van der Waals surface area contributed by atoms with Gasteiger partial charge in [0.25, 0.3) is 0 Å². The predicted molar refractivity (Wildman–Crippen MR) is 69.5 cm³/mol. The maximum atomic E-state index is 9.24. The van der Waals surface area contributed by atoms with Crippen molar-refractivity contribution in [3.8, 4) is 0 Å². The van der Waals surface area contributed by atoms with E-state index in [4.69, 9.17) is 5.11 Å². The molecule has 1 atom stereocenters. The third-order valence-corrected chi connectivity index (χ3v) is 2.78. The number of aliphatic hydroxyl groups excluding tert-OH is 2. The monoisotopic (exact) mass is 237 g/mol. The molecule has 0 aliphatic carbocycles. The molecule has 0 saturated heterocycles. The highest BCUT2D eigenvalue weighted by molar-refractivity contribution is 5.21. The van der Waals surface area contributed by atoms with Crippen molar-refractivity contribution in [1.82, 2.24) is 5.32 Å². The first-order chi connectivity index (χ1) is 8.15. The molecule has 3 heteroatoms. The van der Waals surface area contributed by atoms with Crippen molar-refractivity contribution in [3.63, 3.8) is 0 Å². The minimum Gasteiger partial charge on any atom is -0.395 e. The van der Waals surface area contributed by atoms with Gasteiger partial charge in [-0.3, -0.25) is 0 Å². The Morgan fingerprint density at radius 1 is 1.06 bits per heavy atom. The molecule has 1 aromatic rings. The molecule has 17 heavy (non-hydrogen) atoms. The smallest absolute Gasteiger partial charge is 0.0681 e. The quantitative estimate of drug-likeness (QED) is 0.676. The number of rotatable bonds is 7. The van der Waals surface area contributed by atoms with Gasteiger partial charge in [0.05, 0.1) is 13.2 Å². The normalized spacial score (nSPS) is 13.0. The van der Waals surface area contributed by atoms with Crippen molar-refractivity contribution in [2.45, 2.75) is 39.5 Å². The van der Waals surface area contributed by atoms with Crippen LogP contribution >= 0.6 is 0 Å². The van der Waals surface area contributed by atoms with Crippen LogP contribution in [0.1, 0.15) is 31.4 Å². The molecule has 3 nitrogen and oxygen atoms in total. The van der Waals surface area contributed by atoms with E-state index in [1.165, 1.54) is 5.56 Å². The van der Waals surface area contributed by atoms with Crippen molar-refractivity contribution >= 4 is 0 Å². The maximum Gasteiger partial charge on any atom is 0.0681 e. The van der Waals surface area contributed by atoms with E-state index in [0.717, 1.165) is 18.5 Å². The lowest BCUT2D eigenvalue weighted by Crippen LogP contribution is -2.33. The first kappa shape index (κ1) is 14.2. The van der Waals surface area contributed by atoms with Gasteiger partial charge < -0.3 is 15.5 Å². The Hall–Kier alpha value is -0.900. The zero-order valence-electron chi connectivity index (χ0n) is 10.7. The lowest BCUT2D eigenvalue weighted by molar-refractivity contribution is 0.223. The Balaban J connectivity index is 2.42. The van der Waals surface area contributed by atoms with Crippen molar-refractivity contribution in [3.05, 3.63) is 35.4 Å². The second-order valence-electron chi connectivity index (χ2n) is 4.86. The molecular formula is C14H23NO2. The Kier molecular flexibility index (Phi) is 6.19. The van der Waals surface area contributed by atoms with Crippen LogP contribution in [0.4, 0.5) is 0 Å². The predicted octanol–water partition coefficient (Wildman–Crippen LogP) is 1.68. The first-order valence-electron chi connectivity index (χ1n) is 6.18. The van der Waals surface area contributed by atoms with Gasteiger partial charge in [0.2, 0.25) is 0 Å². The highest BCUT2D eigenvalue weighted by Crippen LogP contribution is 2.07. The van der Waals surface area contributed by atoms with Gasteiger partial charge in [0.15, 0.2) is 0 Å². The van der Waals surface area contributed by atoms with Gasteiger partial charge in [-0.25, -0.2) is 0 Å². The lowest BCUT2D eigenvalue weighted by Gasteiger charge is -2.18. The summed E-state index contributed by atoms with van der Waals surface area (Å²) in [5, 5.41) is 21.5. The number of hydrogen-bond acceptors (Lipinski definition) is 3. The molecule has 1 unspecified atom stereocenters. The van der Waals surface area contributed by atoms with Crippen molar-refractivity contribution in [2.75, 3.05) is 6.61 Å². The van der Waals surface area contributed by atoms with E-state index in [2.05, 4.69) is 19.2 Å². The fourth-order valence-corrected chi connectivity index (χ4v) is 1.82. The average Bonchev–Trinajstić information content (AvgIpc) is 2.34. The van der Waals surface area contributed by atoms with E-state index >= 15 is 0 Å². The van der Waals surface area contributed by atoms with Gasteiger partial charge in [-0.1, -0.05) is 38.1 Å². The zero-order valence-corrected chi connectivity index (χ0v) is 10.7. The summed E-state index contributed by atoms with van der Waals surface area (Å²) in [4.78, 5) is 0. The number of nitrogens with one attached hydrogen (secondary N) is 1. The van der Waals surface area contributed by atoms with Gasteiger partial charge in [-0.15, -0.1) is 0 Å². The summed E-state index contributed by atoms with van der Waals surface area (Å²) in [5.74, 6) is 0.580. The summed E-state index contributed by atoms with van der Waals surface area (Å²) in [6.07, 6.45) is 0.977. The minimum atomic E-state index is 0.0837. The van der Waals surface area contributed by atoms with Gasteiger partial charge in [-0.2, -0.15) is 0 Å². The molecule has 1 aromatic carbocycles. The molecule has 96 valence electrons. The summed E-state index contributed by atoms with van der Waals surface area (Å²) in [5.41, 5.74) is 2.10. The summed E-state index contributed by atoms with van der Waals surface area (Å²) in [6, 6.07) is 8.01. The Morgan fingerprint density at radius 3 is 2.12 bits per heavy atom. The van der Waals surface area contributed by atoms with Crippen LogP contribution in [0.2, 0.25) is 0 Å². The van der Waals surface area contributed by atoms with Crippen LogP contribution in [0.5, 0.6) is 0 Å². The van der Waals surface area contributed by atoms with Crippen molar-refractivity contribution < 1.29 is 10.2 Å². The van der Waals surface area contributed by atoms with E-state index in [1.807, 2.05) is 24.3 Å². The second-order valence-corrected chi connectivity index (χ2v) is 4.86. The molecule has 3 N–H and O–H groups in total. The molecular weight excluding hydrogens is 214 g/mol. The summed E-state index contributed by atoms with van der Waals surface area (Å²) >= 11 is 0. The van der Waals surface area contributed by atoms with Crippen LogP contribution in [0.3, 0.4) is 0 Å². The van der Waals surface area contributed by atoms with E-state index in [-0.39, 0.29) is 19.3 Å². The Labute approximate surface area is 103 Å². The van der Waals surface area contributed by atoms with E-state index in [9.17, 15) is 5.11 Å². The molecule has 0 aliphatic rings. The van der Waals surface area contributed by atoms with Crippen LogP contribution in [0, 0.1) is 5.92 Å². The van der Waals surface area contributed by atoms with Gasteiger partial charge in [-0.05, 0) is 23.5 Å². The average molecular weight is 237 g/mol. The van der Waals surface area contributed by atoms with Crippen LogP contribution < -0.4 is 5.32 Å². The lowest BCUT2D eigenvalue weighted by atomic mass is 10.0. The second kappa shape index (κ2) is 7.43. The fourth-order valence-electron chi connectivity index (χ4n) is 1.82. The van der Waals surface area contributed by atoms with Gasteiger partial charge in [0.1, 0.15) is 0 Å². The number of aliphatic hydroxyl groups is 2. The molecule has 0 saturated carbocycles. The highest BCUT2D eigenvalue weighted by atomic mass is 16.3. The Morgan fingerprint density at radius 2 is 1.65 bits per heavy atom. The van der Waals surface area contributed by atoms with Crippen molar-refractivity contribution in [2.24, 2.45) is 5.92 Å². The highest BCUT2D eigenvalue weighted by Gasteiger charge is 2.08. The van der Waals surface area contributed by atoms with E-state index in [0.29, 0.717) is 5.92 Å². The molecule has 0 fully saturated rings. The molecule has 0 bridgehead atoms. The third-order valence-electron chi connectivity index (χ3n) is 2.78. The van der Waals surface area contributed by atoms with Crippen LogP contribution in [0.25, 0.3) is 0 Å². The molecule has 0 radical (unpaired) electrons. The molecule has 0 amide bonds. The number of hydrogen-bond donors (Lipinski definition) is 3. The third kappa shape index (κ3) is 5.31. The van der Waals surface area contributed by atoms with Crippen LogP contribution in [-0.2, 0) is 13.2 Å². The van der Waals surface area contributed by atoms with Crippen LogP contribution in [-0.4, -0.2) is 22.9 Å². The minimum absolute atomic E-state index is 0.0837. The van der Waals surface area contributed by atoms with Gasteiger partial charge >= 0.3 is 0 Å². The summed E-state index contributed by atoms with van der Waals surface area (Å²) < 4.78 is 0. The van der Waals surface area contributed by atoms with E-state index in [1.54, 1.807) is 0 Å². The SMILES string of the molecule is CC(C)CC(CO)NCc1ccc(CO)cc1. The first-order valence-corrected chi connectivity index (χ1v) is 6.18. The zero-order chi connectivity index (χ0) is 12.7. The van der Waals surface area contributed by atoms with E-state index < -0.39 is 0 Å². The number of benzene rings is 1. The molecule has 0 heterocycles. The van der Waals surface area contributed by atoms with Crippen molar-refractivity contribution in [1.29, 1.82) is 0 Å². The molecule has 0 spiro atoms. The fraction of sp³-hybridized carbons (Fsp3) is 0.571. The summed E-state index contributed by atoms with van der Waals surface area (Å²) in [6.45, 7) is 5.32.